The first kappa shape index (κ1) is 17.2. The van der Waals surface area contributed by atoms with Crippen molar-refractivity contribution in [2.24, 2.45) is 0 Å². The van der Waals surface area contributed by atoms with Crippen LogP contribution in [0.1, 0.15) is 26.8 Å². The minimum atomic E-state index is -0.382. The van der Waals surface area contributed by atoms with Crippen molar-refractivity contribution in [1.82, 2.24) is 19.7 Å². The molecule has 2 aliphatic rings. The zero-order valence-corrected chi connectivity index (χ0v) is 15.6. The number of amides is 2. The van der Waals surface area contributed by atoms with Gasteiger partial charge in [-0.1, -0.05) is 12.1 Å². The van der Waals surface area contributed by atoms with Crippen LogP contribution in [0.2, 0.25) is 0 Å². The molecule has 7 heteroatoms. The predicted molar refractivity (Wildman–Crippen MR) is 100 cm³/mol. The van der Waals surface area contributed by atoms with Gasteiger partial charge in [-0.2, -0.15) is 0 Å². The van der Waals surface area contributed by atoms with E-state index < -0.39 is 0 Å². The molecule has 0 N–H and O–H groups in total. The number of hydrogen-bond acceptors (Lipinski definition) is 5. The average Bonchev–Trinajstić information content (AvgIpc) is 3.21. The van der Waals surface area contributed by atoms with Gasteiger partial charge in [0.1, 0.15) is 0 Å². The van der Waals surface area contributed by atoms with Crippen LogP contribution >= 0.6 is 11.3 Å². The molecule has 1 atom stereocenters. The Kier molecular flexibility index (Phi) is 4.74. The Hall–Kier alpha value is -2.25. The van der Waals surface area contributed by atoms with Crippen molar-refractivity contribution in [3.8, 4) is 0 Å². The quantitative estimate of drug-likeness (QED) is 0.807. The second-order valence-electron chi connectivity index (χ2n) is 6.89. The van der Waals surface area contributed by atoms with E-state index in [2.05, 4.69) is 16.9 Å². The Morgan fingerprint density at radius 3 is 2.65 bits per heavy atom. The highest BCUT2D eigenvalue weighted by atomic mass is 32.1. The Morgan fingerprint density at radius 1 is 1.12 bits per heavy atom. The monoisotopic (exact) mass is 370 g/mol. The number of fused-ring (bicyclic) bond motifs is 1. The van der Waals surface area contributed by atoms with E-state index in [-0.39, 0.29) is 17.7 Å². The lowest BCUT2D eigenvalue weighted by atomic mass is 9.93. The molecule has 1 fully saturated rings. The van der Waals surface area contributed by atoms with E-state index in [4.69, 9.17) is 0 Å². The zero-order chi connectivity index (χ0) is 18.1. The summed E-state index contributed by atoms with van der Waals surface area (Å²) in [6.45, 7) is 4.12. The third kappa shape index (κ3) is 3.24. The SMILES string of the molecule is CN1CCN(C(=O)C2CN(C(=O)c3cccs3)Cc3cccnc32)CC1. The standard InChI is InChI=1S/C19H22N4O2S/c1-21-7-9-22(10-8-21)18(24)15-13-23(19(25)16-5-3-11-26-16)12-14-4-2-6-20-17(14)15/h2-6,11,15H,7-10,12-13H2,1H3. The highest BCUT2D eigenvalue weighted by Crippen LogP contribution is 2.30. The minimum Gasteiger partial charge on any atom is -0.339 e. The summed E-state index contributed by atoms with van der Waals surface area (Å²) in [5.41, 5.74) is 1.79. The second-order valence-corrected chi connectivity index (χ2v) is 7.84. The van der Waals surface area contributed by atoms with Crippen LogP contribution in [-0.2, 0) is 11.3 Å². The molecule has 26 heavy (non-hydrogen) atoms. The molecule has 0 aromatic carbocycles. The van der Waals surface area contributed by atoms with Crippen LogP contribution in [0.15, 0.2) is 35.8 Å². The van der Waals surface area contributed by atoms with Crippen molar-refractivity contribution >= 4 is 23.2 Å². The summed E-state index contributed by atoms with van der Waals surface area (Å²) < 4.78 is 0. The summed E-state index contributed by atoms with van der Waals surface area (Å²) in [6, 6.07) is 7.56. The molecular formula is C19H22N4O2S. The molecule has 2 aromatic heterocycles. The van der Waals surface area contributed by atoms with Gasteiger partial charge in [0, 0.05) is 45.5 Å². The van der Waals surface area contributed by atoms with E-state index in [1.54, 1.807) is 11.1 Å². The van der Waals surface area contributed by atoms with Gasteiger partial charge in [0.15, 0.2) is 0 Å². The Bertz CT molecular complexity index is 800. The van der Waals surface area contributed by atoms with Crippen molar-refractivity contribution in [3.05, 3.63) is 52.0 Å². The minimum absolute atomic E-state index is 0.00863. The average molecular weight is 370 g/mol. The summed E-state index contributed by atoms with van der Waals surface area (Å²) in [6.07, 6.45) is 1.74. The summed E-state index contributed by atoms with van der Waals surface area (Å²) in [5, 5.41) is 1.90. The topological polar surface area (TPSA) is 56.8 Å². The number of pyridine rings is 1. The first-order chi connectivity index (χ1) is 12.6. The maximum absolute atomic E-state index is 13.2. The van der Waals surface area contributed by atoms with E-state index >= 15 is 0 Å². The molecule has 0 aliphatic carbocycles. The van der Waals surface area contributed by atoms with E-state index in [0.717, 1.165) is 37.4 Å². The number of rotatable bonds is 2. The fourth-order valence-electron chi connectivity index (χ4n) is 3.63. The fraction of sp³-hybridized carbons (Fsp3) is 0.421. The van der Waals surface area contributed by atoms with Crippen LogP contribution in [0.4, 0.5) is 0 Å². The molecule has 2 aliphatic heterocycles. The van der Waals surface area contributed by atoms with Gasteiger partial charge < -0.3 is 14.7 Å². The zero-order valence-electron chi connectivity index (χ0n) is 14.8. The molecule has 1 unspecified atom stereocenters. The number of piperazine rings is 1. The maximum atomic E-state index is 13.2. The molecule has 1 saturated heterocycles. The van der Waals surface area contributed by atoms with Gasteiger partial charge in [0.25, 0.3) is 5.91 Å². The van der Waals surface area contributed by atoms with E-state index in [9.17, 15) is 9.59 Å². The Morgan fingerprint density at radius 2 is 1.92 bits per heavy atom. The van der Waals surface area contributed by atoms with Gasteiger partial charge in [-0.25, -0.2) is 0 Å². The molecule has 4 rings (SSSR count). The highest BCUT2D eigenvalue weighted by Gasteiger charge is 2.37. The molecule has 136 valence electrons. The van der Waals surface area contributed by atoms with Gasteiger partial charge in [-0.05, 0) is 30.1 Å². The summed E-state index contributed by atoms with van der Waals surface area (Å²) in [5.74, 6) is -0.306. The number of nitrogens with zero attached hydrogens (tertiary/aromatic N) is 4. The number of carbonyl (C=O) groups is 2. The third-order valence-corrected chi connectivity index (χ3v) is 6.01. The first-order valence-corrected chi connectivity index (χ1v) is 9.75. The maximum Gasteiger partial charge on any atom is 0.264 e. The lowest BCUT2D eigenvalue weighted by molar-refractivity contribution is -0.135. The van der Waals surface area contributed by atoms with Gasteiger partial charge in [0.05, 0.1) is 16.5 Å². The van der Waals surface area contributed by atoms with Crippen molar-refractivity contribution in [2.75, 3.05) is 39.8 Å². The van der Waals surface area contributed by atoms with Crippen LogP contribution in [0.5, 0.6) is 0 Å². The number of aromatic nitrogens is 1. The first-order valence-electron chi connectivity index (χ1n) is 8.87. The van der Waals surface area contributed by atoms with Crippen LogP contribution in [0, 0.1) is 0 Å². The largest absolute Gasteiger partial charge is 0.339 e. The van der Waals surface area contributed by atoms with E-state index in [0.29, 0.717) is 18.0 Å². The number of carbonyl (C=O) groups excluding carboxylic acids is 2. The number of thiophene rings is 1. The van der Waals surface area contributed by atoms with Crippen molar-refractivity contribution in [3.63, 3.8) is 0 Å². The molecule has 0 radical (unpaired) electrons. The molecule has 2 amide bonds. The fourth-order valence-corrected chi connectivity index (χ4v) is 4.32. The normalized spacial score (nSPS) is 20.7. The van der Waals surface area contributed by atoms with E-state index in [1.807, 2.05) is 34.5 Å². The molecule has 0 saturated carbocycles. The summed E-state index contributed by atoms with van der Waals surface area (Å²) in [7, 11) is 2.07. The molecule has 2 aromatic rings. The Labute approximate surface area is 157 Å². The molecule has 6 nitrogen and oxygen atoms in total. The van der Waals surface area contributed by atoms with E-state index in [1.165, 1.54) is 11.3 Å². The van der Waals surface area contributed by atoms with Crippen LogP contribution in [0.25, 0.3) is 0 Å². The summed E-state index contributed by atoms with van der Waals surface area (Å²) >= 11 is 1.44. The van der Waals surface area contributed by atoms with Crippen molar-refractivity contribution in [1.29, 1.82) is 0 Å². The van der Waals surface area contributed by atoms with Gasteiger partial charge in [-0.3, -0.25) is 14.6 Å². The second kappa shape index (κ2) is 7.17. The van der Waals surface area contributed by atoms with Gasteiger partial charge in [0.2, 0.25) is 5.91 Å². The predicted octanol–water partition coefficient (Wildman–Crippen LogP) is 1.66. The number of hydrogen-bond donors (Lipinski definition) is 0. The van der Waals surface area contributed by atoms with Gasteiger partial charge >= 0.3 is 0 Å². The van der Waals surface area contributed by atoms with Gasteiger partial charge in [-0.15, -0.1) is 11.3 Å². The number of likely N-dealkylation sites (N-methyl/N-ethyl adjacent to an activating group) is 1. The lowest BCUT2D eigenvalue weighted by Gasteiger charge is -2.38. The molecule has 4 heterocycles. The van der Waals surface area contributed by atoms with Crippen molar-refractivity contribution < 1.29 is 9.59 Å². The molecule has 0 bridgehead atoms. The lowest BCUT2D eigenvalue weighted by Crippen LogP contribution is -2.51. The Balaban J connectivity index is 1.60. The third-order valence-electron chi connectivity index (χ3n) is 5.15. The highest BCUT2D eigenvalue weighted by molar-refractivity contribution is 7.12. The molecular weight excluding hydrogens is 348 g/mol. The van der Waals surface area contributed by atoms with Crippen molar-refractivity contribution in [2.45, 2.75) is 12.5 Å². The summed E-state index contributed by atoms with van der Waals surface area (Å²) in [4.78, 5) is 37.2. The van der Waals surface area contributed by atoms with Crippen LogP contribution < -0.4 is 0 Å². The van der Waals surface area contributed by atoms with Crippen LogP contribution in [0.3, 0.4) is 0 Å². The smallest absolute Gasteiger partial charge is 0.264 e. The van der Waals surface area contributed by atoms with Crippen LogP contribution in [-0.4, -0.2) is 71.3 Å². The molecule has 0 spiro atoms.